The molecule has 0 aliphatic heterocycles. The van der Waals surface area contributed by atoms with Crippen LogP contribution in [0.25, 0.3) is 0 Å². The van der Waals surface area contributed by atoms with Crippen LogP contribution in [-0.2, 0) is 13.1 Å². The molecule has 1 aromatic carbocycles. The van der Waals surface area contributed by atoms with E-state index in [4.69, 9.17) is 11.6 Å². The molecule has 0 bridgehead atoms. The number of nitrogens with one attached hydrogen (secondary N) is 2. The Balaban J connectivity index is 1.85. The van der Waals surface area contributed by atoms with Crippen LogP contribution in [0.2, 0.25) is 5.02 Å². The fourth-order valence-electron chi connectivity index (χ4n) is 1.68. The van der Waals surface area contributed by atoms with Crippen LogP contribution < -0.4 is 10.6 Å². The van der Waals surface area contributed by atoms with Gasteiger partial charge in [-0.15, -0.1) is 11.3 Å². The van der Waals surface area contributed by atoms with Crippen LogP contribution >= 0.6 is 22.9 Å². The topological polar surface area (TPSA) is 49.3 Å². The quantitative estimate of drug-likeness (QED) is 0.674. The molecule has 1 aromatic heterocycles. The number of nitrogens with zero attached hydrogens (tertiary/aromatic N) is 2. The average molecular weight is 309 g/mol. The molecule has 0 aliphatic rings. The standard InChI is InChI=1S/C14H17ClN4S/c1-10-7-17-13(20-10)9-19-14(16-2)18-8-11-5-3-4-6-12(11)15/h3-7H,8-9H2,1-2H3,(H2,16,18,19). The van der Waals surface area contributed by atoms with Gasteiger partial charge in [-0.2, -0.15) is 0 Å². The fraction of sp³-hybridized carbons (Fsp3) is 0.286. The minimum Gasteiger partial charge on any atom is -0.352 e. The number of aliphatic imine (C=N–C) groups is 1. The van der Waals surface area contributed by atoms with Crippen molar-refractivity contribution in [2.45, 2.75) is 20.0 Å². The zero-order valence-corrected chi connectivity index (χ0v) is 13.1. The summed E-state index contributed by atoms with van der Waals surface area (Å²) in [6.07, 6.45) is 1.88. The Bertz CT molecular complexity index is 594. The SMILES string of the molecule is CN=C(NCc1ncc(C)s1)NCc1ccccc1Cl. The highest BCUT2D eigenvalue weighted by Gasteiger charge is 2.03. The molecule has 4 nitrogen and oxygen atoms in total. The van der Waals surface area contributed by atoms with E-state index in [2.05, 4.69) is 20.6 Å². The number of rotatable bonds is 4. The summed E-state index contributed by atoms with van der Waals surface area (Å²) in [4.78, 5) is 9.70. The van der Waals surface area contributed by atoms with E-state index < -0.39 is 0 Å². The summed E-state index contributed by atoms with van der Waals surface area (Å²) in [6.45, 7) is 3.35. The van der Waals surface area contributed by atoms with E-state index in [1.165, 1.54) is 4.88 Å². The van der Waals surface area contributed by atoms with Crippen molar-refractivity contribution in [3.63, 3.8) is 0 Å². The van der Waals surface area contributed by atoms with E-state index in [0.29, 0.717) is 13.1 Å². The van der Waals surface area contributed by atoms with Gasteiger partial charge in [0.05, 0.1) is 6.54 Å². The van der Waals surface area contributed by atoms with Gasteiger partial charge in [0.1, 0.15) is 5.01 Å². The Morgan fingerprint density at radius 2 is 2.05 bits per heavy atom. The Kier molecular flexibility index (Phi) is 5.38. The monoisotopic (exact) mass is 308 g/mol. The first-order valence-corrected chi connectivity index (χ1v) is 7.47. The summed E-state index contributed by atoms with van der Waals surface area (Å²) in [5.74, 6) is 0.734. The Labute approximate surface area is 127 Å². The first kappa shape index (κ1) is 14.8. The first-order chi connectivity index (χ1) is 9.69. The largest absolute Gasteiger partial charge is 0.352 e. The second-order valence-corrected chi connectivity index (χ2v) is 5.96. The summed E-state index contributed by atoms with van der Waals surface area (Å²) in [7, 11) is 1.75. The minimum absolute atomic E-state index is 0.635. The smallest absolute Gasteiger partial charge is 0.191 e. The Morgan fingerprint density at radius 3 is 2.70 bits per heavy atom. The van der Waals surface area contributed by atoms with Crippen molar-refractivity contribution in [3.05, 3.63) is 50.9 Å². The number of benzene rings is 1. The zero-order valence-electron chi connectivity index (χ0n) is 11.5. The van der Waals surface area contributed by atoms with Crippen molar-refractivity contribution < 1.29 is 0 Å². The van der Waals surface area contributed by atoms with Gasteiger partial charge in [-0.1, -0.05) is 29.8 Å². The third kappa shape index (κ3) is 4.21. The van der Waals surface area contributed by atoms with E-state index in [1.54, 1.807) is 18.4 Å². The lowest BCUT2D eigenvalue weighted by molar-refractivity contribution is 0.805. The van der Waals surface area contributed by atoms with Gasteiger partial charge in [-0.3, -0.25) is 4.99 Å². The number of thiazole rings is 1. The lowest BCUT2D eigenvalue weighted by Crippen LogP contribution is -2.36. The molecule has 0 radical (unpaired) electrons. The maximum atomic E-state index is 6.12. The molecule has 0 saturated heterocycles. The maximum Gasteiger partial charge on any atom is 0.191 e. The molecule has 0 spiro atoms. The van der Waals surface area contributed by atoms with Gasteiger partial charge in [0.2, 0.25) is 0 Å². The van der Waals surface area contributed by atoms with E-state index >= 15 is 0 Å². The molecule has 2 rings (SSSR count). The van der Waals surface area contributed by atoms with Crippen molar-refractivity contribution in [1.29, 1.82) is 0 Å². The van der Waals surface area contributed by atoms with Crippen LogP contribution in [0.5, 0.6) is 0 Å². The Morgan fingerprint density at radius 1 is 1.30 bits per heavy atom. The second-order valence-electron chi connectivity index (χ2n) is 4.24. The molecule has 0 atom stereocenters. The summed E-state index contributed by atoms with van der Waals surface area (Å²) in [5.41, 5.74) is 1.04. The number of aromatic nitrogens is 1. The third-order valence-corrected chi connectivity index (χ3v) is 3.99. The molecule has 6 heteroatoms. The van der Waals surface area contributed by atoms with Gasteiger partial charge >= 0.3 is 0 Å². The third-order valence-electron chi connectivity index (χ3n) is 2.70. The molecule has 2 N–H and O–H groups in total. The van der Waals surface area contributed by atoms with Gasteiger partial charge in [0.25, 0.3) is 0 Å². The fourth-order valence-corrected chi connectivity index (χ4v) is 2.61. The van der Waals surface area contributed by atoms with Gasteiger partial charge in [0.15, 0.2) is 5.96 Å². The minimum atomic E-state index is 0.635. The highest BCUT2D eigenvalue weighted by Crippen LogP contribution is 2.14. The molecule has 106 valence electrons. The van der Waals surface area contributed by atoms with Gasteiger partial charge in [-0.25, -0.2) is 4.98 Å². The van der Waals surface area contributed by atoms with Crippen LogP contribution in [0.15, 0.2) is 35.5 Å². The average Bonchev–Trinajstić information content (AvgIpc) is 2.86. The number of hydrogen-bond acceptors (Lipinski definition) is 3. The predicted molar refractivity (Wildman–Crippen MR) is 85.3 cm³/mol. The van der Waals surface area contributed by atoms with Gasteiger partial charge in [0, 0.05) is 29.7 Å². The zero-order chi connectivity index (χ0) is 14.4. The van der Waals surface area contributed by atoms with Crippen LogP contribution in [0.3, 0.4) is 0 Å². The Hall–Kier alpha value is -1.59. The van der Waals surface area contributed by atoms with Crippen LogP contribution in [0.1, 0.15) is 15.4 Å². The van der Waals surface area contributed by atoms with Crippen molar-refractivity contribution in [1.82, 2.24) is 15.6 Å². The van der Waals surface area contributed by atoms with E-state index in [0.717, 1.165) is 21.6 Å². The predicted octanol–water partition coefficient (Wildman–Crippen LogP) is 2.97. The van der Waals surface area contributed by atoms with Gasteiger partial charge < -0.3 is 10.6 Å². The van der Waals surface area contributed by atoms with E-state index in [1.807, 2.05) is 37.4 Å². The summed E-state index contributed by atoms with van der Waals surface area (Å²) >= 11 is 7.80. The van der Waals surface area contributed by atoms with E-state index in [-0.39, 0.29) is 0 Å². The van der Waals surface area contributed by atoms with Crippen LogP contribution in [0, 0.1) is 6.92 Å². The van der Waals surface area contributed by atoms with Gasteiger partial charge in [-0.05, 0) is 18.6 Å². The number of guanidine groups is 1. The van der Waals surface area contributed by atoms with Crippen LogP contribution in [-0.4, -0.2) is 18.0 Å². The molecule has 2 aromatic rings. The number of halogens is 1. The molecule has 1 heterocycles. The maximum absolute atomic E-state index is 6.12. The van der Waals surface area contributed by atoms with E-state index in [9.17, 15) is 0 Å². The molecule has 0 amide bonds. The van der Waals surface area contributed by atoms with Crippen molar-refractivity contribution in [3.8, 4) is 0 Å². The van der Waals surface area contributed by atoms with Crippen molar-refractivity contribution >= 4 is 28.9 Å². The normalized spacial score (nSPS) is 11.4. The second kappa shape index (κ2) is 7.26. The van der Waals surface area contributed by atoms with Crippen molar-refractivity contribution in [2.24, 2.45) is 4.99 Å². The van der Waals surface area contributed by atoms with Crippen LogP contribution in [0.4, 0.5) is 0 Å². The molecule has 0 aliphatic carbocycles. The molecule has 0 fully saturated rings. The summed E-state index contributed by atoms with van der Waals surface area (Å²) in [5, 5.41) is 8.27. The lowest BCUT2D eigenvalue weighted by Gasteiger charge is -2.11. The number of aryl methyl sites for hydroxylation is 1. The first-order valence-electron chi connectivity index (χ1n) is 6.28. The highest BCUT2D eigenvalue weighted by molar-refractivity contribution is 7.11. The highest BCUT2D eigenvalue weighted by atomic mass is 35.5. The molecule has 20 heavy (non-hydrogen) atoms. The summed E-state index contributed by atoms with van der Waals surface area (Å²) < 4.78 is 0. The lowest BCUT2D eigenvalue weighted by atomic mass is 10.2. The molecular weight excluding hydrogens is 292 g/mol. The number of hydrogen-bond donors (Lipinski definition) is 2. The molecule has 0 unspecified atom stereocenters. The molecule has 0 saturated carbocycles. The molecular formula is C14H17ClN4S. The summed E-state index contributed by atoms with van der Waals surface area (Å²) in [6, 6.07) is 7.76. The van der Waals surface area contributed by atoms with Crippen molar-refractivity contribution in [2.75, 3.05) is 7.05 Å².